The van der Waals surface area contributed by atoms with Crippen LogP contribution >= 0.6 is 11.6 Å². The minimum atomic E-state index is -0.465. The van der Waals surface area contributed by atoms with E-state index in [1.807, 2.05) is 12.1 Å². The van der Waals surface area contributed by atoms with Crippen LogP contribution in [0.1, 0.15) is 24.0 Å². The maximum Gasteiger partial charge on any atom is 0.241 e. The SMILES string of the molecule is Cc1cc(/C=C/C(N)=O)c(Cl)cc1N1CCCC1. The number of benzene rings is 1. The topological polar surface area (TPSA) is 46.3 Å². The Morgan fingerprint density at radius 2 is 2.06 bits per heavy atom. The quantitative estimate of drug-likeness (QED) is 0.854. The van der Waals surface area contributed by atoms with Crippen molar-refractivity contribution in [3.8, 4) is 0 Å². The van der Waals surface area contributed by atoms with Crippen LogP contribution in [0.5, 0.6) is 0 Å². The van der Waals surface area contributed by atoms with E-state index in [4.69, 9.17) is 17.3 Å². The summed E-state index contributed by atoms with van der Waals surface area (Å²) in [6.45, 7) is 4.24. The molecule has 0 unspecified atom stereocenters. The number of carbonyl (C=O) groups excluding carboxylic acids is 1. The number of hydrogen-bond acceptors (Lipinski definition) is 2. The Morgan fingerprint density at radius 3 is 2.67 bits per heavy atom. The molecule has 0 atom stereocenters. The molecule has 0 radical (unpaired) electrons. The normalized spacial score (nSPS) is 15.6. The maximum atomic E-state index is 10.7. The molecular formula is C14H17ClN2O. The summed E-state index contributed by atoms with van der Waals surface area (Å²) in [5.74, 6) is -0.465. The predicted molar refractivity (Wildman–Crippen MR) is 75.9 cm³/mol. The first-order valence-corrected chi connectivity index (χ1v) is 6.48. The van der Waals surface area contributed by atoms with E-state index in [-0.39, 0.29) is 0 Å². The van der Waals surface area contributed by atoms with Gasteiger partial charge in [0.15, 0.2) is 0 Å². The first-order chi connectivity index (χ1) is 8.58. The number of nitrogens with two attached hydrogens (primary N) is 1. The predicted octanol–water partition coefficient (Wildman–Crippen LogP) is 2.75. The van der Waals surface area contributed by atoms with Crippen molar-refractivity contribution in [1.29, 1.82) is 0 Å². The van der Waals surface area contributed by atoms with E-state index in [1.165, 1.54) is 30.2 Å². The monoisotopic (exact) mass is 264 g/mol. The number of aryl methyl sites for hydroxylation is 1. The van der Waals surface area contributed by atoms with E-state index >= 15 is 0 Å². The van der Waals surface area contributed by atoms with Gasteiger partial charge in [0.25, 0.3) is 0 Å². The molecule has 0 spiro atoms. The van der Waals surface area contributed by atoms with Crippen molar-refractivity contribution in [2.75, 3.05) is 18.0 Å². The number of halogens is 1. The second-order valence-corrected chi connectivity index (χ2v) is 5.00. The molecule has 0 aromatic heterocycles. The lowest BCUT2D eigenvalue weighted by atomic mass is 10.1. The molecule has 0 aliphatic carbocycles. The van der Waals surface area contributed by atoms with Crippen LogP contribution in [0.2, 0.25) is 5.02 Å². The fraction of sp³-hybridized carbons (Fsp3) is 0.357. The average molecular weight is 265 g/mol. The van der Waals surface area contributed by atoms with Crippen molar-refractivity contribution in [2.24, 2.45) is 5.73 Å². The molecule has 18 heavy (non-hydrogen) atoms. The van der Waals surface area contributed by atoms with E-state index in [0.29, 0.717) is 5.02 Å². The zero-order valence-electron chi connectivity index (χ0n) is 10.4. The van der Waals surface area contributed by atoms with Crippen molar-refractivity contribution in [3.63, 3.8) is 0 Å². The van der Waals surface area contributed by atoms with Crippen LogP contribution in [0, 0.1) is 6.92 Å². The third kappa shape index (κ3) is 2.85. The van der Waals surface area contributed by atoms with E-state index in [9.17, 15) is 4.79 Å². The molecule has 0 saturated carbocycles. The summed E-state index contributed by atoms with van der Waals surface area (Å²) in [6, 6.07) is 3.97. The van der Waals surface area contributed by atoms with Crippen LogP contribution in [0.3, 0.4) is 0 Å². The van der Waals surface area contributed by atoms with Crippen molar-refractivity contribution in [3.05, 3.63) is 34.4 Å². The van der Waals surface area contributed by atoms with Crippen molar-refractivity contribution in [2.45, 2.75) is 19.8 Å². The van der Waals surface area contributed by atoms with Gasteiger partial charge in [0.05, 0.1) is 0 Å². The summed E-state index contributed by atoms with van der Waals surface area (Å²) >= 11 is 6.23. The van der Waals surface area contributed by atoms with Gasteiger partial charge in [-0.15, -0.1) is 0 Å². The molecule has 2 rings (SSSR count). The van der Waals surface area contributed by atoms with E-state index in [1.54, 1.807) is 6.08 Å². The van der Waals surface area contributed by atoms with Crippen LogP contribution in [0.4, 0.5) is 5.69 Å². The molecule has 1 fully saturated rings. The van der Waals surface area contributed by atoms with E-state index in [2.05, 4.69) is 11.8 Å². The van der Waals surface area contributed by atoms with Crippen LogP contribution in [0.25, 0.3) is 6.08 Å². The summed E-state index contributed by atoms with van der Waals surface area (Å²) in [5.41, 5.74) is 8.27. The molecule has 1 amide bonds. The highest BCUT2D eigenvalue weighted by Gasteiger charge is 2.15. The van der Waals surface area contributed by atoms with Gasteiger partial charge in [-0.25, -0.2) is 0 Å². The fourth-order valence-corrected chi connectivity index (χ4v) is 2.51. The Kier molecular flexibility index (Phi) is 3.92. The highest BCUT2D eigenvalue weighted by Crippen LogP contribution is 2.30. The first kappa shape index (κ1) is 13.0. The van der Waals surface area contributed by atoms with Gasteiger partial charge in [0, 0.05) is 29.9 Å². The van der Waals surface area contributed by atoms with Crippen LogP contribution in [-0.4, -0.2) is 19.0 Å². The Morgan fingerprint density at radius 1 is 1.39 bits per heavy atom. The van der Waals surface area contributed by atoms with Crippen molar-refractivity contribution < 1.29 is 4.79 Å². The van der Waals surface area contributed by atoms with Crippen LogP contribution < -0.4 is 10.6 Å². The second-order valence-electron chi connectivity index (χ2n) is 4.59. The van der Waals surface area contributed by atoms with Gasteiger partial charge in [-0.05, 0) is 49.1 Å². The molecular weight excluding hydrogens is 248 g/mol. The Hall–Kier alpha value is -1.48. The third-order valence-corrected chi connectivity index (χ3v) is 3.52. The average Bonchev–Trinajstić information content (AvgIpc) is 2.83. The van der Waals surface area contributed by atoms with Crippen LogP contribution in [0.15, 0.2) is 18.2 Å². The van der Waals surface area contributed by atoms with E-state index in [0.717, 1.165) is 18.7 Å². The fourth-order valence-electron chi connectivity index (χ4n) is 2.29. The molecule has 96 valence electrons. The molecule has 3 nitrogen and oxygen atoms in total. The lowest BCUT2D eigenvalue weighted by molar-refractivity contribution is -0.113. The summed E-state index contributed by atoms with van der Waals surface area (Å²) in [6.07, 6.45) is 5.46. The zero-order chi connectivity index (χ0) is 13.1. The highest BCUT2D eigenvalue weighted by molar-refractivity contribution is 6.32. The third-order valence-electron chi connectivity index (χ3n) is 3.19. The Balaban J connectivity index is 2.31. The Bertz CT molecular complexity index is 491. The zero-order valence-corrected chi connectivity index (χ0v) is 11.2. The number of anilines is 1. The Labute approximate surface area is 112 Å². The molecule has 1 aromatic carbocycles. The molecule has 0 bridgehead atoms. The van der Waals surface area contributed by atoms with Gasteiger partial charge in [0.2, 0.25) is 5.91 Å². The van der Waals surface area contributed by atoms with Gasteiger partial charge >= 0.3 is 0 Å². The molecule has 2 N–H and O–H groups in total. The number of primary amides is 1. The van der Waals surface area contributed by atoms with Gasteiger partial charge in [0.1, 0.15) is 0 Å². The molecule has 1 saturated heterocycles. The van der Waals surface area contributed by atoms with Gasteiger partial charge < -0.3 is 10.6 Å². The second kappa shape index (κ2) is 5.44. The molecule has 1 heterocycles. The number of nitrogens with zero attached hydrogens (tertiary/aromatic N) is 1. The van der Waals surface area contributed by atoms with Crippen molar-refractivity contribution in [1.82, 2.24) is 0 Å². The van der Waals surface area contributed by atoms with Crippen molar-refractivity contribution >= 4 is 29.3 Å². The highest BCUT2D eigenvalue weighted by atomic mass is 35.5. The standard InChI is InChI=1S/C14H17ClN2O/c1-10-8-11(4-5-14(16)18)12(15)9-13(10)17-6-2-3-7-17/h4-5,8-9H,2-3,6-7H2,1H3,(H2,16,18)/b5-4+. The summed E-state index contributed by atoms with van der Waals surface area (Å²) in [4.78, 5) is 13.1. The summed E-state index contributed by atoms with van der Waals surface area (Å²) < 4.78 is 0. The van der Waals surface area contributed by atoms with E-state index < -0.39 is 5.91 Å². The number of hydrogen-bond donors (Lipinski definition) is 1. The molecule has 4 heteroatoms. The maximum absolute atomic E-state index is 10.7. The minimum Gasteiger partial charge on any atom is -0.371 e. The number of amides is 1. The van der Waals surface area contributed by atoms with Gasteiger partial charge in [-0.2, -0.15) is 0 Å². The minimum absolute atomic E-state index is 0.465. The summed E-state index contributed by atoms with van der Waals surface area (Å²) in [5, 5.41) is 0.653. The lowest BCUT2D eigenvalue weighted by Gasteiger charge is -2.21. The van der Waals surface area contributed by atoms with Gasteiger partial charge in [-0.3, -0.25) is 4.79 Å². The molecule has 1 aromatic rings. The lowest BCUT2D eigenvalue weighted by Crippen LogP contribution is -2.18. The first-order valence-electron chi connectivity index (χ1n) is 6.10. The molecule has 1 aliphatic rings. The molecule has 1 aliphatic heterocycles. The van der Waals surface area contributed by atoms with Crippen LogP contribution in [-0.2, 0) is 4.79 Å². The number of carbonyl (C=O) groups is 1. The van der Waals surface area contributed by atoms with Gasteiger partial charge in [-0.1, -0.05) is 11.6 Å². The number of rotatable bonds is 3. The summed E-state index contributed by atoms with van der Waals surface area (Å²) in [7, 11) is 0. The largest absolute Gasteiger partial charge is 0.371 e. The smallest absolute Gasteiger partial charge is 0.241 e.